The van der Waals surface area contributed by atoms with E-state index in [1.54, 1.807) is 6.92 Å². The van der Waals surface area contributed by atoms with Gasteiger partial charge in [0.1, 0.15) is 17.9 Å². The van der Waals surface area contributed by atoms with Crippen LogP contribution >= 0.6 is 0 Å². The SMILES string of the molecule is C[C@H](NC(=O)CCC[C@H](NC(=O)N[C@@H](CCC(=O)O)C(=O)O)C(=O)O)c1ccc(F)cc1. The number of carbonyl (C=O) groups is 5. The molecule has 0 heterocycles. The largest absolute Gasteiger partial charge is 0.481 e. The van der Waals surface area contributed by atoms with E-state index in [0.717, 1.165) is 0 Å². The summed E-state index contributed by atoms with van der Waals surface area (Å²) >= 11 is 0. The third-order valence-corrected chi connectivity index (χ3v) is 4.50. The van der Waals surface area contributed by atoms with Crippen LogP contribution in [0.5, 0.6) is 0 Å². The van der Waals surface area contributed by atoms with Crippen LogP contribution in [-0.4, -0.2) is 57.2 Å². The lowest BCUT2D eigenvalue weighted by Gasteiger charge is -2.18. The van der Waals surface area contributed by atoms with Crippen molar-refractivity contribution >= 4 is 29.8 Å². The fourth-order valence-electron chi connectivity index (χ4n) is 2.76. The van der Waals surface area contributed by atoms with Gasteiger partial charge in [-0.2, -0.15) is 0 Å². The van der Waals surface area contributed by atoms with Crippen molar-refractivity contribution in [3.63, 3.8) is 0 Å². The summed E-state index contributed by atoms with van der Waals surface area (Å²) in [5, 5.41) is 33.7. The van der Waals surface area contributed by atoms with Crippen molar-refractivity contribution in [3.8, 4) is 0 Å². The Labute approximate surface area is 183 Å². The number of hydrogen-bond donors (Lipinski definition) is 6. The summed E-state index contributed by atoms with van der Waals surface area (Å²) < 4.78 is 13.0. The maximum absolute atomic E-state index is 13.0. The molecule has 0 unspecified atom stereocenters. The Hall–Kier alpha value is -3.70. The smallest absolute Gasteiger partial charge is 0.326 e. The van der Waals surface area contributed by atoms with Gasteiger partial charge in [0.25, 0.3) is 0 Å². The van der Waals surface area contributed by atoms with Gasteiger partial charge in [-0.05, 0) is 43.9 Å². The van der Waals surface area contributed by atoms with Crippen LogP contribution in [0.3, 0.4) is 0 Å². The number of aliphatic carboxylic acids is 3. The number of carboxylic acid groups (broad SMARTS) is 3. The summed E-state index contributed by atoms with van der Waals surface area (Å²) in [6.07, 6.45) is -0.892. The Bertz CT molecular complexity index is 831. The lowest BCUT2D eigenvalue weighted by molar-refractivity contribution is -0.140. The number of carboxylic acids is 3. The van der Waals surface area contributed by atoms with Crippen LogP contribution in [0.4, 0.5) is 9.18 Å². The number of carbonyl (C=O) groups excluding carboxylic acids is 2. The van der Waals surface area contributed by atoms with E-state index >= 15 is 0 Å². The first-order valence-corrected chi connectivity index (χ1v) is 9.78. The molecule has 0 saturated heterocycles. The first-order valence-electron chi connectivity index (χ1n) is 9.78. The minimum absolute atomic E-state index is 0.0328. The molecule has 1 aromatic carbocycles. The zero-order valence-corrected chi connectivity index (χ0v) is 17.3. The molecule has 0 aliphatic rings. The summed E-state index contributed by atoms with van der Waals surface area (Å²) in [4.78, 5) is 57.0. The molecular formula is C20H26FN3O8. The van der Waals surface area contributed by atoms with E-state index in [0.29, 0.717) is 5.56 Å². The van der Waals surface area contributed by atoms with Crippen LogP contribution in [0.25, 0.3) is 0 Å². The number of nitrogens with one attached hydrogen (secondary N) is 3. The molecule has 176 valence electrons. The average Bonchev–Trinajstić information content (AvgIpc) is 2.70. The van der Waals surface area contributed by atoms with Crippen LogP contribution < -0.4 is 16.0 Å². The third-order valence-electron chi connectivity index (χ3n) is 4.50. The zero-order valence-electron chi connectivity index (χ0n) is 17.3. The van der Waals surface area contributed by atoms with Gasteiger partial charge in [0.15, 0.2) is 0 Å². The second-order valence-electron chi connectivity index (χ2n) is 7.06. The maximum atomic E-state index is 13.0. The molecule has 12 heteroatoms. The number of urea groups is 1. The van der Waals surface area contributed by atoms with Crippen LogP contribution in [0, 0.1) is 5.82 Å². The van der Waals surface area contributed by atoms with Crippen molar-refractivity contribution < 1.29 is 43.7 Å². The normalized spacial score (nSPS) is 13.3. The van der Waals surface area contributed by atoms with Gasteiger partial charge in [0.2, 0.25) is 5.91 Å². The predicted molar refractivity (Wildman–Crippen MR) is 108 cm³/mol. The van der Waals surface area contributed by atoms with Crippen LogP contribution in [0.15, 0.2) is 24.3 Å². The molecule has 0 saturated carbocycles. The fraction of sp³-hybridized carbons (Fsp3) is 0.450. The predicted octanol–water partition coefficient (Wildman–Crippen LogP) is 1.24. The van der Waals surface area contributed by atoms with Crippen LogP contribution in [0.2, 0.25) is 0 Å². The molecule has 3 atom stereocenters. The molecule has 3 amide bonds. The standard InChI is InChI=1S/C20H26FN3O8/c1-11(12-5-7-13(21)8-6-12)22-16(25)4-2-3-14(18(28)29)23-20(32)24-15(19(30)31)9-10-17(26)27/h5-8,11,14-15H,2-4,9-10H2,1H3,(H,22,25)(H,26,27)(H,28,29)(H,30,31)(H2,23,24,32)/t11-,14-,15-/m0/s1. The molecule has 0 radical (unpaired) electrons. The second kappa shape index (κ2) is 12.9. The monoisotopic (exact) mass is 455 g/mol. The molecule has 0 bridgehead atoms. The highest BCUT2D eigenvalue weighted by Gasteiger charge is 2.25. The highest BCUT2D eigenvalue weighted by atomic mass is 19.1. The molecule has 0 aromatic heterocycles. The van der Waals surface area contributed by atoms with E-state index in [1.165, 1.54) is 24.3 Å². The first-order chi connectivity index (χ1) is 15.0. The Morgan fingerprint density at radius 2 is 1.38 bits per heavy atom. The second-order valence-corrected chi connectivity index (χ2v) is 7.06. The number of halogens is 1. The Balaban J connectivity index is 2.49. The van der Waals surface area contributed by atoms with Gasteiger partial charge < -0.3 is 31.3 Å². The van der Waals surface area contributed by atoms with Crippen LogP contribution in [-0.2, 0) is 19.2 Å². The van der Waals surface area contributed by atoms with Gasteiger partial charge in [0.05, 0.1) is 6.04 Å². The minimum Gasteiger partial charge on any atom is -0.481 e. The van der Waals surface area contributed by atoms with E-state index in [4.69, 9.17) is 10.2 Å². The van der Waals surface area contributed by atoms with E-state index < -0.39 is 48.3 Å². The Kier molecular flexibility index (Phi) is 10.6. The minimum atomic E-state index is -1.50. The maximum Gasteiger partial charge on any atom is 0.326 e. The highest BCUT2D eigenvalue weighted by molar-refractivity contribution is 5.86. The molecule has 6 N–H and O–H groups in total. The van der Waals surface area contributed by atoms with Gasteiger partial charge in [-0.1, -0.05) is 12.1 Å². The number of amides is 3. The van der Waals surface area contributed by atoms with Gasteiger partial charge in [-0.3, -0.25) is 9.59 Å². The Morgan fingerprint density at radius 3 is 1.88 bits per heavy atom. The van der Waals surface area contributed by atoms with Gasteiger partial charge in [-0.15, -0.1) is 0 Å². The molecule has 1 aromatic rings. The lowest BCUT2D eigenvalue weighted by atomic mass is 10.1. The molecule has 0 spiro atoms. The molecule has 32 heavy (non-hydrogen) atoms. The summed E-state index contributed by atoms with van der Waals surface area (Å²) in [6, 6.07) is 1.25. The third kappa shape index (κ3) is 9.87. The molecule has 1 rings (SSSR count). The van der Waals surface area contributed by atoms with Crippen molar-refractivity contribution in [2.45, 2.75) is 57.2 Å². The van der Waals surface area contributed by atoms with Crippen molar-refractivity contribution in [1.29, 1.82) is 0 Å². The van der Waals surface area contributed by atoms with Crippen molar-refractivity contribution in [3.05, 3.63) is 35.6 Å². The fourth-order valence-corrected chi connectivity index (χ4v) is 2.76. The molecular weight excluding hydrogens is 429 g/mol. The summed E-state index contributed by atoms with van der Waals surface area (Å²) in [5.74, 6) is -4.85. The van der Waals surface area contributed by atoms with Crippen LogP contribution in [0.1, 0.15) is 50.6 Å². The van der Waals surface area contributed by atoms with Gasteiger partial charge in [-0.25, -0.2) is 18.8 Å². The van der Waals surface area contributed by atoms with Crippen molar-refractivity contribution in [2.24, 2.45) is 0 Å². The number of rotatable bonds is 13. The summed E-state index contributed by atoms with van der Waals surface area (Å²) in [5.41, 5.74) is 0.692. The van der Waals surface area contributed by atoms with E-state index in [-0.39, 0.29) is 37.6 Å². The number of hydrogen-bond acceptors (Lipinski definition) is 5. The van der Waals surface area contributed by atoms with Crippen molar-refractivity contribution in [1.82, 2.24) is 16.0 Å². The molecule has 0 aliphatic heterocycles. The van der Waals surface area contributed by atoms with E-state index in [1.807, 2.05) is 5.32 Å². The van der Waals surface area contributed by atoms with E-state index in [9.17, 15) is 33.5 Å². The average molecular weight is 455 g/mol. The topological polar surface area (TPSA) is 182 Å². The quantitative estimate of drug-likeness (QED) is 0.257. The molecule has 0 fully saturated rings. The zero-order chi connectivity index (χ0) is 24.3. The number of benzene rings is 1. The first kappa shape index (κ1) is 26.3. The summed E-state index contributed by atoms with van der Waals surface area (Å²) in [6.45, 7) is 1.71. The highest BCUT2D eigenvalue weighted by Crippen LogP contribution is 2.13. The van der Waals surface area contributed by atoms with Gasteiger partial charge in [0, 0.05) is 12.8 Å². The van der Waals surface area contributed by atoms with Gasteiger partial charge >= 0.3 is 23.9 Å². The molecule has 11 nitrogen and oxygen atoms in total. The Morgan fingerprint density at radius 1 is 0.844 bits per heavy atom. The lowest BCUT2D eigenvalue weighted by Crippen LogP contribution is -2.51. The summed E-state index contributed by atoms with van der Waals surface area (Å²) in [7, 11) is 0. The molecule has 0 aliphatic carbocycles. The van der Waals surface area contributed by atoms with E-state index in [2.05, 4.69) is 10.6 Å². The van der Waals surface area contributed by atoms with Crippen molar-refractivity contribution in [2.75, 3.05) is 0 Å².